The van der Waals surface area contributed by atoms with E-state index in [1.807, 2.05) is 6.92 Å². The van der Waals surface area contributed by atoms with Gasteiger partial charge in [0.1, 0.15) is 0 Å². The molecule has 0 heterocycles. The maximum atomic E-state index is 13.0. The van der Waals surface area contributed by atoms with Crippen molar-refractivity contribution in [2.75, 3.05) is 6.54 Å². The van der Waals surface area contributed by atoms with Crippen molar-refractivity contribution >= 4 is 0 Å². The van der Waals surface area contributed by atoms with E-state index in [1.165, 1.54) is 6.07 Å². The molecule has 0 spiro atoms. The van der Waals surface area contributed by atoms with Gasteiger partial charge in [-0.3, -0.25) is 0 Å². The first-order chi connectivity index (χ1) is 6.06. The fourth-order valence-corrected chi connectivity index (χ4v) is 1.20. The molecule has 0 aliphatic carbocycles. The summed E-state index contributed by atoms with van der Waals surface area (Å²) in [5.74, 6) is -0.700. The van der Waals surface area contributed by atoms with Crippen molar-refractivity contribution in [1.29, 1.82) is 0 Å². The highest BCUT2D eigenvalue weighted by atomic mass is 19.1. The highest BCUT2D eigenvalue weighted by Gasteiger charge is 2.10. The van der Waals surface area contributed by atoms with Gasteiger partial charge in [-0.2, -0.15) is 0 Å². The topological polar surface area (TPSA) is 46.2 Å². The van der Waals surface area contributed by atoms with Gasteiger partial charge in [-0.25, -0.2) is 4.39 Å². The molecular formula is C10H14FNO. The van der Waals surface area contributed by atoms with E-state index in [0.29, 0.717) is 12.1 Å². The predicted octanol–water partition coefficient (Wildman–Crippen LogP) is 1.90. The largest absolute Gasteiger partial charge is 0.505 e. The Morgan fingerprint density at radius 2 is 2.15 bits per heavy atom. The molecule has 1 aromatic rings. The lowest BCUT2D eigenvalue weighted by Crippen LogP contribution is -2.09. The monoisotopic (exact) mass is 183 g/mol. The van der Waals surface area contributed by atoms with Crippen LogP contribution in [0.15, 0.2) is 12.1 Å². The van der Waals surface area contributed by atoms with E-state index in [9.17, 15) is 9.50 Å². The Morgan fingerprint density at radius 3 is 2.62 bits per heavy atom. The Balaban J connectivity index is 3.13. The van der Waals surface area contributed by atoms with Gasteiger partial charge in [-0.15, -0.1) is 0 Å². The zero-order valence-electron chi connectivity index (χ0n) is 7.84. The van der Waals surface area contributed by atoms with E-state index < -0.39 is 5.82 Å². The lowest BCUT2D eigenvalue weighted by molar-refractivity contribution is 0.428. The molecule has 1 unspecified atom stereocenters. The summed E-state index contributed by atoms with van der Waals surface area (Å²) in [4.78, 5) is 0. The quantitative estimate of drug-likeness (QED) is 0.735. The van der Waals surface area contributed by atoms with Crippen molar-refractivity contribution in [2.24, 2.45) is 5.73 Å². The van der Waals surface area contributed by atoms with Gasteiger partial charge in [0, 0.05) is 0 Å². The van der Waals surface area contributed by atoms with Crippen LogP contribution >= 0.6 is 0 Å². The molecule has 0 aromatic heterocycles. The molecule has 72 valence electrons. The van der Waals surface area contributed by atoms with Crippen molar-refractivity contribution < 1.29 is 9.50 Å². The van der Waals surface area contributed by atoms with Crippen LogP contribution in [0.5, 0.6) is 5.75 Å². The lowest BCUT2D eigenvalue weighted by atomic mass is 9.99. The molecule has 0 amide bonds. The van der Waals surface area contributed by atoms with Crippen LogP contribution in [0.4, 0.5) is 4.39 Å². The van der Waals surface area contributed by atoms with Crippen molar-refractivity contribution in [1.82, 2.24) is 0 Å². The Labute approximate surface area is 77.2 Å². The van der Waals surface area contributed by atoms with Crippen LogP contribution in [-0.4, -0.2) is 11.7 Å². The molecule has 0 aliphatic rings. The molecule has 13 heavy (non-hydrogen) atoms. The lowest BCUT2D eigenvalue weighted by Gasteiger charge is -2.10. The number of hydrogen-bond donors (Lipinski definition) is 2. The highest BCUT2D eigenvalue weighted by molar-refractivity contribution is 5.36. The van der Waals surface area contributed by atoms with Crippen LogP contribution in [0.2, 0.25) is 0 Å². The number of rotatable bonds is 2. The molecule has 2 nitrogen and oxygen atoms in total. The summed E-state index contributed by atoms with van der Waals surface area (Å²) in [6.07, 6.45) is 0. The zero-order chi connectivity index (χ0) is 10.0. The van der Waals surface area contributed by atoms with Crippen LogP contribution < -0.4 is 5.73 Å². The first-order valence-corrected chi connectivity index (χ1v) is 4.25. The Hall–Kier alpha value is -1.09. The van der Waals surface area contributed by atoms with Gasteiger partial charge in [0.25, 0.3) is 0 Å². The van der Waals surface area contributed by atoms with Gasteiger partial charge < -0.3 is 10.8 Å². The number of benzene rings is 1. The summed E-state index contributed by atoms with van der Waals surface area (Å²) in [6.45, 7) is 4.05. The maximum Gasteiger partial charge on any atom is 0.167 e. The van der Waals surface area contributed by atoms with E-state index in [-0.39, 0.29) is 11.7 Å². The first-order valence-electron chi connectivity index (χ1n) is 4.25. The number of nitrogens with two attached hydrogens (primary N) is 1. The smallest absolute Gasteiger partial charge is 0.167 e. The molecule has 0 aliphatic heterocycles. The van der Waals surface area contributed by atoms with Gasteiger partial charge in [-0.1, -0.05) is 13.0 Å². The summed E-state index contributed by atoms with van der Waals surface area (Å²) in [5, 5.41) is 9.21. The van der Waals surface area contributed by atoms with Crippen LogP contribution in [0.25, 0.3) is 0 Å². The van der Waals surface area contributed by atoms with Crippen LogP contribution in [0.1, 0.15) is 24.0 Å². The molecule has 0 fully saturated rings. The van der Waals surface area contributed by atoms with Crippen molar-refractivity contribution in [3.8, 4) is 5.75 Å². The average Bonchev–Trinajstić information content (AvgIpc) is 2.12. The van der Waals surface area contributed by atoms with Crippen molar-refractivity contribution in [3.63, 3.8) is 0 Å². The predicted molar refractivity (Wildman–Crippen MR) is 50.3 cm³/mol. The molecular weight excluding hydrogens is 169 g/mol. The minimum atomic E-state index is -0.548. The van der Waals surface area contributed by atoms with Crippen molar-refractivity contribution in [2.45, 2.75) is 19.8 Å². The second-order valence-corrected chi connectivity index (χ2v) is 3.31. The number of halogens is 1. The zero-order valence-corrected chi connectivity index (χ0v) is 7.84. The molecule has 1 aromatic carbocycles. The minimum Gasteiger partial charge on any atom is -0.505 e. The third-order valence-electron chi connectivity index (χ3n) is 2.18. The summed E-state index contributed by atoms with van der Waals surface area (Å²) in [5.41, 5.74) is 6.79. The summed E-state index contributed by atoms with van der Waals surface area (Å²) in [6, 6.07) is 3.15. The minimum absolute atomic E-state index is 0.144. The Morgan fingerprint density at radius 1 is 1.54 bits per heavy atom. The normalized spacial score (nSPS) is 12.9. The van der Waals surface area contributed by atoms with Crippen LogP contribution in [0.3, 0.4) is 0 Å². The van der Waals surface area contributed by atoms with E-state index in [4.69, 9.17) is 5.73 Å². The third kappa shape index (κ3) is 1.98. The van der Waals surface area contributed by atoms with E-state index >= 15 is 0 Å². The number of hydrogen-bond acceptors (Lipinski definition) is 2. The second kappa shape index (κ2) is 3.75. The Kier molecular flexibility index (Phi) is 2.88. The van der Waals surface area contributed by atoms with E-state index in [0.717, 1.165) is 5.56 Å². The number of phenols is 1. The highest BCUT2D eigenvalue weighted by Crippen LogP contribution is 2.25. The number of aromatic hydroxyl groups is 1. The summed E-state index contributed by atoms with van der Waals surface area (Å²) in [7, 11) is 0. The fraction of sp³-hybridized carbons (Fsp3) is 0.400. The molecule has 0 radical (unpaired) electrons. The molecule has 1 rings (SSSR count). The summed E-state index contributed by atoms with van der Waals surface area (Å²) < 4.78 is 13.0. The van der Waals surface area contributed by atoms with E-state index in [2.05, 4.69) is 0 Å². The van der Waals surface area contributed by atoms with Crippen LogP contribution in [0, 0.1) is 12.7 Å². The molecule has 0 saturated carbocycles. The fourth-order valence-electron chi connectivity index (χ4n) is 1.20. The number of aryl methyl sites for hydroxylation is 1. The van der Waals surface area contributed by atoms with E-state index in [1.54, 1.807) is 13.0 Å². The molecule has 3 N–H and O–H groups in total. The molecule has 0 bridgehead atoms. The van der Waals surface area contributed by atoms with Crippen LogP contribution in [-0.2, 0) is 0 Å². The molecule has 3 heteroatoms. The third-order valence-corrected chi connectivity index (χ3v) is 2.18. The van der Waals surface area contributed by atoms with Gasteiger partial charge in [-0.05, 0) is 36.6 Å². The average molecular weight is 183 g/mol. The SMILES string of the molecule is Cc1cc(C(C)CN)cc(O)c1F. The van der Waals surface area contributed by atoms with Crippen molar-refractivity contribution in [3.05, 3.63) is 29.1 Å². The van der Waals surface area contributed by atoms with Gasteiger partial charge in [0.2, 0.25) is 0 Å². The summed E-state index contributed by atoms with van der Waals surface area (Å²) >= 11 is 0. The Bertz CT molecular complexity index is 289. The molecule has 0 saturated heterocycles. The first kappa shape index (κ1) is 9.99. The molecule has 1 atom stereocenters. The van der Waals surface area contributed by atoms with Gasteiger partial charge in [0.05, 0.1) is 0 Å². The number of phenolic OH excluding ortho intramolecular Hbond substituents is 1. The maximum absolute atomic E-state index is 13.0. The second-order valence-electron chi connectivity index (χ2n) is 3.31. The van der Waals surface area contributed by atoms with Gasteiger partial charge in [0.15, 0.2) is 11.6 Å². The van der Waals surface area contributed by atoms with Gasteiger partial charge >= 0.3 is 0 Å². The standard InChI is InChI=1S/C10H14FNO/c1-6-3-8(7(2)5-12)4-9(13)10(6)11/h3-4,7,13H,5,12H2,1-2H3.